The summed E-state index contributed by atoms with van der Waals surface area (Å²) in [6.45, 7) is 4.54. The minimum atomic E-state index is -0.278. The van der Waals surface area contributed by atoms with E-state index in [-0.39, 0.29) is 11.9 Å². The molecule has 5 heteroatoms. The molecule has 1 aromatic rings. The molecule has 1 aromatic heterocycles. The van der Waals surface area contributed by atoms with Crippen molar-refractivity contribution in [1.82, 2.24) is 10.3 Å². The van der Waals surface area contributed by atoms with Crippen molar-refractivity contribution in [3.8, 4) is 0 Å². The van der Waals surface area contributed by atoms with E-state index in [1.165, 1.54) is 0 Å². The fourth-order valence-electron chi connectivity index (χ4n) is 1.15. The zero-order valence-electron chi connectivity index (χ0n) is 9.46. The number of pyridine rings is 1. The molecule has 1 atom stereocenters. The first kappa shape index (κ1) is 13.0. The lowest BCUT2D eigenvalue weighted by Crippen LogP contribution is -2.38. The summed E-state index contributed by atoms with van der Waals surface area (Å²) >= 11 is 3.31. The standard InChI is InChI=1S/C11H16BrN3O/c1-3-6-13-11(16)8(2)15-10-5-4-9(12)7-14-10/h4-5,7-8H,3,6H2,1-2H3,(H,13,16)(H,14,15). The van der Waals surface area contributed by atoms with Crippen LogP contribution in [-0.2, 0) is 4.79 Å². The summed E-state index contributed by atoms with van der Waals surface area (Å²) in [5.41, 5.74) is 0. The maximum Gasteiger partial charge on any atom is 0.242 e. The maximum absolute atomic E-state index is 11.6. The van der Waals surface area contributed by atoms with Gasteiger partial charge in [0, 0.05) is 17.2 Å². The normalized spacial score (nSPS) is 11.9. The first-order chi connectivity index (χ1) is 7.63. The first-order valence-electron chi connectivity index (χ1n) is 5.29. The van der Waals surface area contributed by atoms with Crippen LogP contribution in [0.5, 0.6) is 0 Å². The summed E-state index contributed by atoms with van der Waals surface area (Å²) in [4.78, 5) is 15.7. The van der Waals surface area contributed by atoms with Crippen molar-refractivity contribution in [2.24, 2.45) is 0 Å². The summed E-state index contributed by atoms with van der Waals surface area (Å²) in [6.07, 6.45) is 2.63. The number of nitrogens with one attached hydrogen (secondary N) is 2. The molecule has 0 aliphatic heterocycles. The molecule has 1 rings (SSSR count). The Morgan fingerprint density at radius 3 is 2.88 bits per heavy atom. The molecule has 1 heterocycles. The molecule has 0 fully saturated rings. The van der Waals surface area contributed by atoms with Gasteiger partial charge in [-0.2, -0.15) is 0 Å². The van der Waals surface area contributed by atoms with Crippen LogP contribution in [0.25, 0.3) is 0 Å². The van der Waals surface area contributed by atoms with Gasteiger partial charge in [-0.25, -0.2) is 4.98 Å². The zero-order valence-corrected chi connectivity index (χ0v) is 11.0. The van der Waals surface area contributed by atoms with Gasteiger partial charge in [0.2, 0.25) is 5.91 Å². The Balaban J connectivity index is 2.47. The van der Waals surface area contributed by atoms with E-state index >= 15 is 0 Å². The number of rotatable bonds is 5. The molecule has 88 valence electrons. The van der Waals surface area contributed by atoms with Gasteiger partial charge in [-0.05, 0) is 41.4 Å². The van der Waals surface area contributed by atoms with Gasteiger partial charge < -0.3 is 10.6 Å². The highest BCUT2D eigenvalue weighted by molar-refractivity contribution is 9.10. The van der Waals surface area contributed by atoms with E-state index in [1.54, 1.807) is 6.20 Å². The molecule has 0 saturated heterocycles. The predicted octanol–water partition coefficient (Wildman–Crippen LogP) is 2.17. The number of carbonyl (C=O) groups excluding carboxylic acids is 1. The molecule has 0 aliphatic rings. The molecule has 0 bridgehead atoms. The smallest absolute Gasteiger partial charge is 0.242 e. The monoisotopic (exact) mass is 285 g/mol. The summed E-state index contributed by atoms with van der Waals surface area (Å²) in [6, 6.07) is 3.43. The number of amides is 1. The fourth-order valence-corrected chi connectivity index (χ4v) is 1.38. The maximum atomic E-state index is 11.6. The Labute approximate surface area is 104 Å². The molecule has 0 aliphatic carbocycles. The number of anilines is 1. The third kappa shape index (κ3) is 4.18. The lowest BCUT2D eigenvalue weighted by Gasteiger charge is -2.14. The first-order valence-corrected chi connectivity index (χ1v) is 6.08. The highest BCUT2D eigenvalue weighted by Gasteiger charge is 2.11. The van der Waals surface area contributed by atoms with Gasteiger partial charge >= 0.3 is 0 Å². The lowest BCUT2D eigenvalue weighted by atomic mass is 10.3. The summed E-state index contributed by atoms with van der Waals surface area (Å²) in [7, 11) is 0. The van der Waals surface area contributed by atoms with Crippen molar-refractivity contribution in [3.63, 3.8) is 0 Å². The van der Waals surface area contributed by atoms with E-state index in [1.807, 2.05) is 26.0 Å². The number of halogens is 1. The SMILES string of the molecule is CCCNC(=O)C(C)Nc1ccc(Br)cn1. The van der Waals surface area contributed by atoms with E-state index in [0.29, 0.717) is 12.4 Å². The number of nitrogens with zero attached hydrogens (tertiary/aromatic N) is 1. The van der Waals surface area contributed by atoms with Crippen LogP contribution < -0.4 is 10.6 Å². The van der Waals surface area contributed by atoms with Gasteiger partial charge in [0.25, 0.3) is 0 Å². The van der Waals surface area contributed by atoms with Crippen LogP contribution >= 0.6 is 15.9 Å². The van der Waals surface area contributed by atoms with E-state index in [4.69, 9.17) is 0 Å². The molecule has 16 heavy (non-hydrogen) atoms. The average Bonchev–Trinajstić information content (AvgIpc) is 2.29. The molecule has 1 unspecified atom stereocenters. The number of aromatic nitrogens is 1. The van der Waals surface area contributed by atoms with Crippen molar-refractivity contribution in [2.45, 2.75) is 26.3 Å². The van der Waals surface area contributed by atoms with Crippen molar-refractivity contribution in [3.05, 3.63) is 22.8 Å². The Hall–Kier alpha value is -1.10. The van der Waals surface area contributed by atoms with Crippen LogP contribution in [-0.4, -0.2) is 23.5 Å². The van der Waals surface area contributed by atoms with E-state index in [2.05, 4.69) is 31.5 Å². The van der Waals surface area contributed by atoms with E-state index < -0.39 is 0 Å². The Morgan fingerprint density at radius 1 is 1.56 bits per heavy atom. The lowest BCUT2D eigenvalue weighted by molar-refractivity contribution is -0.121. The van der Waals surface area contributed by atoms with Gasteiger partial charge in [-0.15, -0.1) is 0 Å². The minimum absolute atomic E-state index is 0.00781. The highest BCUT2D eigenvalue weighted by Crippen LogP contribution is 2.11. The Kier molecular flexibility index (Phi) is 5.25. The van der Waals surface area contributed by atoms with Gasteiger partial charge in [0.1, 0.15) is 11.9 Å². The number of carbonyl (C=O) groups is 1. The summed E-state index contributed by atoms with van der Waals surface area (Å²) in [5.74, 6) is 0.689. The van der Waals surface area contributed by atoms with Crippen molar-refractivity contribution < 1.29 is 4.79 Å². The molecular weight excluding hydrogens is 270 g/mol. The molecule has 0 spiro atoms. The molecule has 1 amide bonds. The van der Waals surface area contributed by atoms with Crippen LogP contribution in [0.1, 0.15) is 20.3 Å². The second-order valence-corrected chi connectivity index (χ2v) is 4.43. The van der Waals surface area contributed by atoms with Gasteiger partial charge in [0.05, 0.1) is 0 Å². The molecule has 0 radical (unpaired) electrons. The van der Waals surface area contributed by atoms with Gasteiger partial charge in [-0.3, -0.25) is 4.79 Å². The van der Waals surface area contributed by atoms with E-state index in [0.717, 1.165) is 10.9 Å². The third-order valence-electron chi connectivity index (χ3n) is 2.03. The Bertz CT molecular complexity index is 340. The van der Waals surface area contributed by atoms with E-state index in [9.17, 15) is 4.79 Å². The number of hydrogen-bond donors (Lipinski definition) is 2. The van der Waals surface area contributed by atoms with Crippen LogP contribution in [0, 0.1) is 0 Å². The zero-order chi connectivity index (χ0) is 12.0. The van der Waals surface area contributed by atoms with Crippen LogP contribution in [0.15, 0.2) is 22.8 Å². The largest absolute Gasteiger partial charge is 0.359 e. The van der Waals surface area contributed by atoms with Gasteiger partial charge in [-0.1, -0.05) is 6.92 Å². The topological polar surface area (TPSA) is 54.0 Å². The second-order valence-electron chi connectivity index (χ2n) is 3.52. The van der Waals surface area contributed by atoms with Crippen LogP contribution in [0.3, 0.4) is 0 Å². The summed E-state index contributed by atoms with van der Waals surface area (Å²) in [5, 5.41) is 5.86. The predicted molar refractivity (Wildman–Crippen MR) is 68.3 cm³/mol. The molecular formula is C11H16BrN3O. The van der Waals surface area contributed by atoms with Crippen LogP contribution in [0.2, 0.25) is 0 Å². The number of hydrogen-bond acceptors (Lipinski definition) is 3. The third-order valence-corrected chi connectivity index (χ3v) is 2.50. The van der Waals surface area contributed by atoms with Gasteiger partial charge in [0.15, 0.2) is 0 Å². The summed E-state index contributed by atoms with van der Waals surface area (Å²) < 4.78 is 0.918. The quantitative estimate of drug-likeness (QED) is 0.872. The highest BCUT2D eigenvalue weighted by atomic mass is 79.9. The molecule has 2 N–H and O–H groups in total. The van der Waals surface area contributed by atoms with Crippen molar-refractivity contribution in [1.29, 1.82) is 0 Å². The molecule has 0 aromatic carbocycles. The fraction of sp³-hybridized carbons (Fsp3) is 0.455. The molecule has 0 saturated carbocycles. The van der Waals surface area contributed by atoms with Crippen LogP contribution in [0.4, 0.5) is 5.82 Å². The minimum Gasteiger partial charge on any atom is -0.359 e. The second kappa shape index (κ2) is 6.48. The average molecular weight is 286 g/mol. The van der Waals surface area contributed by atoms with Crippen molar-refractivity contribution >= 4 is 27.7 Å². The molecule has 4 nitrogen and oxygen atoms in total. The Morgan fingerprint density at radius 2 is 2.31 bits per heavy atom. The van der Waals surface area contributed by atoms with Crippen molar-refractivity contribution in [2.75, 3.05) is 11.9 Å².